The van der Waals surface area contributed by atoms with Crippen LogP contribution in [0, 0.1) is 0 Å². The largest absolute Gasteiger partial charge is 0.496 e. The maximum atomic E-state index is 13.1. The number of aromatic nitrogens is 4. The molecule has 0 bridgehead atoms. The summed E-state index contributed by atoms with van der Waals surface area (Å²) in [5, 5.41) is 13.5. The number of hydrogen-bond donors (Lipinski definition) is 1. The number of carbonyl (C=O) groups is 1. The molecule has 1 fully saturated rings. The van der Waals surface area contributed by atoms with Crippen molar-refractivity contribution in [2.75, 3.05) is 33.4 Å². The van der Waals surface area contributed by atoms with Gasteiger partial charge in [-0.15, -0.1) is 11.3 Å². The Morgan fingerprint density at radius 3 is 2.78 bits per heavy atom. The highest BCUT2D eigenvalue weighted by Gasteiger charge is 2.28. The van der Waals surface area contributed by atoms with Gasteiger partial charge in [0.05, 0.1) is 49.0 Å². The molecule has 0 radical (unpaired) electrons. The van der Waals surface area contributed by atoms with E-state index in [2.05, 4.69) is 34.5 Å². The first-order valence-corrected chi connectivity index (χ1v) is 13.1. The molecule has 1 N–H and O–H groups in total. The molecule has 37 heavy (non-hydrogen) atoms. The fourth-order valence-corrected chi connectivity index (χ4v) is 6.50. The summed E-state index contributed by atoms with van der Waals surface area (Å²) in [6.45, 7) is 2.35. The Kier molecular flexibility index (Phi) is 5.16. The molecule has 2 aromatic carbocycles. The van der Waals surface area contributed by atoms with Crippen molar-refractivity contribution in [3.8, 4) is 38.7 Å². The lowest BCUT2D eigenvalue weighted by atomic mass is 10.0. The highest BCUT2D eigenvalue weighted by atomic mass is 32.1. The van der Waals surface area contributed by atoms with Crippen LogP contribution in [0.5, 0.6) is 5.75 Å². The van der Waals surface area contributed by atoms with E-state index < -0.39 is 0 Å². The lowest BCUT2D eigenvalue weighted by molar-refractivity contribution is 0.0301. The van der Waals surface area contributed by atoms with Gasteiger partial charge in [-0.25, -0.2) is 0 Å². The highest BCUT2D eigenvalue weighted by Crippen LogP contribution is 2.47. The lowest BCUT2D eigenvalue weighted by Crippen LogP contribution is -2.40. The summed E-state index contributed by atoms with van der Waals surface area (Å²) >= 11 is 1.78. The van der Waals surface area contributed by atoms with E-state index >= 15 is 0 Å². The Morgan fingerprint density at radius 1 is 1.11 bits per heavy atom. The van der Waals surface area contributed by atoms with Crippen LogP contribution in [0.25, 0.3) is 43.9 Å². The average molecular weight is 512 g/mol. The van der Waals surface area contributed by atoms with E-state index in [1.54, 1.807) is 18.4 Å². The zero-order chi connectivity index (χ0) is 25.1. The van der Waals surface area contributed by atoms with Gasteiger partial charge < -0.3 is 14.4 Å². The molecule has 5 aromatic rings. The van der Waals surface area contributed by atoms with Crippen molar-refractivity contribution < 1.29 is 14.3 Å². The van der Waals surface area contributed by atoms with Crippen molar-refractivity contribution in [2.45, 2.75) is 6.42 Å². The lowest BCUT2D eigenvalue weighted by Gasteiger charge is -2.27. The van der Waals surface area contributed by atoms with Crippen LogP contribution in [0.1, 0.15) is 20.8 Å². The Morgan fingerprint density at radius 2 is 1.95 bits per heavy atom. The molecule has 0 saturated carbocycles. The van der Waals surface area contributed by atoms with Gasteiger partial charge in [0.15, 0.2) is 0 Å². The molecule has 186 valence electrons. The Hall–Kier alpha value is -3.95. The summed E-state index contributed by atoms with van der Waals surface area (Å²) in [4.78, 5) is 17.3. The summed E-state index contributed by atoms with van der Waals surface area (Å²) in [5.41, 5.74) is 8.32. The van der Waals surface area contributed by atoms with E-state index in [1.807, 2.05) is 41.0 Å². The molecule has 3 aromatic heterocycles. The minimum atomic E-state index is -0.0145. The van der Waals surface area contributed by atoms with E-state index in [4.69, 9.17) is 14.6 Å². The second-order valence-corrected chi connectivity index (χ2v) is 10.5. The number of ether oxygens (including phenoxy) is 2. The van der Waals surface area contributed by atoms with E-state index in [-0.39, 0.29) is 5.91 Å². The highest BCUT2D eigenvalue weighted by molar-refractivity contribution is 7.16. The number of hydrogen-bond acceptors (Lipinski definition) is 6. The maximum absolute atomic E-state index is 13.1. The maximum Gasteiger partial charge on any atom is 0.257 e. The summed E-state index contributed by atoms with van der Waals surface area (Å²) in [5.74, 6) is 0.581. The third kappa shape index (κ3) is 3.57. The van der Waals surface area contributed by atoms with Crippen LogP contribution in [0.3, 0.4) is 0 Å². The number of amides is 1. The third-order valence-corrected chi connectivity index (χ3v) is 8.50. The minimum absolute atomic E-state index is 0.0145. The zero-order valence-electron chi connectivity index (χ0n) is 20.6. The molecule has 7 rings (SSSR count). The fourth-order valence-electron chi connectivity index (χ4n) is 5.32. The number of H-pyrrole nitrogens is 1. The SMILES string of the molecule is COc1cc(-c2cc3c(s2)Cc2c(-c4ccc5cnn(C)c5c4)n[nH]c2-3)ccc1C(=O)N1CCOCC1. The predicted molar refractivity (Wildman–Crippen MR) is 143 cm³/mol. The van der Waals surface area contributed by atoms with E-state index in [0.29, 0.717) is 37.6 Å². The van der Waals surface area contributed by atoms with Gasteiger partial charge in [0, 0.05) is 58.4 Å². The Balaban J connectivity index is 1.20. The van der Waals surface area contributed by atoms with Crippen LogP contribution in [0.4, 0.5) is 0 Å². The van der Waals surface area contributed by atoms with E-state index in [1.165, 1.54) is 16.0 Å². The average Bonchev–Trinajstić information content (AvgIpc) is 3.70. The van der Waals surface area contributed by atoms with Crippen molar-refractivity contribution in [2.24, 2.45) is 7.05 Å². The summed E-state index contributed by atoms with van der Waals surface area (Å²) in [6, 6.07) is 14.5. The van der Waals surface area contributed by atoms with Gasteiger partial charge in [-0.05, 0) is 29.8 Å². The second kappa shape index (κ2) is 8.57. The molecule has 1 aliphatic carbocycles. The number of morpholine rings is 1. The normalized spacial score (nSPS) is 14.7. The molecule has 4 heterocycles. The smallest absolute Gasteiger partial charge is 0.257 e. The van der Waals surface area contributed by atoms with Gasteiger partial charge in [-0.3, -0.25) is 14.6 Å². The molecule has 0 atom stereocenters. The number of carbonyl (C=O) groups excluding carboxylic acids is 1. The number of rotatable bonds is 4. The quantitative estimate of drug-likeness (QED) is 0.369. The summed E-state index contributed by atoms with van der Waals surface area (Å²) in [6.07, 6.45) is 2.72. The van der Waals surface area contributed by atoms with Crippen molar-refractivity contribution in [1.29, 1.82) is 0 Å². The van der Waals surface area contributed by atoms with Gasteiger partial charge in [-0.1, -0.05) is 18.2 Å². The number of benzene rings is 2. The minimum Gasteiger partial charge on any atom is -0.496 e. The summed E-state index contributed by atoms with van der Waals surface area (Å²) in [7, 11) is 3.57. The number of fused-ring (bicyclic) bond motifs is 4. The van der Waals surface area contributed by atoms with E-state index in [9.17, 15) is 4.79 Å². The van der Waals surface area contributed by atoms with Gasteiger partial charge in [0.1, 0.15) is 5.75 Å². The first kappa shape index (κ1) is 22.3. The van der Waals surface area contributed by atoms with Crippen LogP contribution >= 0.6 is 11.3 Å². The van der Waals surface area contributed by atoms with Crippen molar-refractivity contribution >= 4 is 28.1 Å². The van der Waals surface area contributed by atoms with Gasteiger partial charge in [-0.2, -0.15) is 10.2 Å². The van der Waals surface area contributed by atoms with Crippen molar-refractivity contribution in [3.05, 3.63) is 64.7 Å². The first-order chi connectivity index (χ1) is 18.1. The zero-order valence-corrected chi connectivity index (χ0v) is 21.4. The number of aromatic amines is 1. The molecular formula is C28H25N5O3S. The van der Waals surface area contributed by atoms with Crippen molar-refractivity contribution in [1.82, 2.24) is 24.9 Å². The molecule has 1 amide bonds. The standard InChI is InChI=1S/C28H25N5O3S/c1-32-22-11-17(3-4-18(22)15-29-32)26-21-14-25-20(27(21)31-30-26)13-24(37-25)16-5-6-19(23(12-16)35-2)28(34)33-7-9-36-10-8-33/h3-6,11-13,15H,7-10,14H2,1-2H3,(H,30,31). The van der Waals surface area contributed by atoms with Crippen LogP contribution < -0.4 is 4.74 Å². The Bertz CT molecular complexity index is 1670. The van der Waals surface area contributed by atoms with Gasteiger partial charge >= 0.3 is 0 Å². The van der Waals surface area contributed by atoms with Crippen LogP contribution in [0.2, 0.25) is 0 Å². The van der Waals surface area contributed by atoms with E-state index in [0.717, 1.165) is 44.7 Å². The van der Waals surface area contributed by atoms with Gasteiger partial charge in [0.2, 0.25) is 0 Å². The number of nitrogens with one attached hydrogen (secondary N) is 1. The van der Waals surface area contributed by atoms with Gasteiger partial charge in [0.25, 0.3) is 5.91 Å². The van der Waals surface area contributed by atoms with Crippen LogP contribution in [0.15, 0.2) is 48.7 Å². The summed E-state index contributed by atoms with van der Waals surface area (Å²) < 4.78 is 12.9. The third-order valence-electron chi connectivity index (χ3n) is 7.32. The first-order valence-electron chi connectivity index (χ1n) is 12.3. The number of thiophene rings is 1. The molecule has 0 unspecified atom stereocenters. The molecule has 9 heteroatoms. The molecule has 0 spiro atoms. The van der Waals surface area contributed by atoms with Crippen molar-refractivity contribution in [3.63, 3.8) is 0 Å². The Labute approximate surface area is 217 Å². The molecule has 2 aliphatic rings. The van der Waals surface area contributed by atoms with Crippen LogP contribution in [-0.2, 0) is 18.2 Å². The predicted octanol–water partition coefficient (Wildman–Crippen LogP) is 4.74. The second-order valence-electron chi connectivity index (χ2n) is 9.41. The topological polar surface area (TPSA) is 85.3 Å². The monoisotopic (exact) mass is 511 g/mol. The number of aryl methyl sites for hydroxylation is 1. The fraction of sp³-hybridized carbons (Fsp3) is 0.250. The molecule has 8 nitrogen and oxygen atoms in total. The van der Waals surface area contributed by atoms with Crippen LogP contribution in [-0.4, -0.2) is 64.2 Å². The number of methoxy groups -OCH3 is 1. The molecule has 1 aliphatic heterocycles. The molecular weight excluding hydrogens is 486 g/mol. The molecule has 1 saturated heterocycles. The number of nitrogens with zero attached hydrogens (tertiary/aromatic N) is 4.